The zero-order valence-corrected chi connectivity index (χ0v) is 15.0. The van der Waals surface area contributed by atoms with Gasteiger partial charge in [-0.05, 0) is 18.2 Å². The summed E-state index contributed by atoms with van der Waals surface area (Å²) >= 11 is 0. The van der Waals surface area contributed by atoms with E-state index in [1.165, 1.54) is 31.3 Å². The summed E-state index contributed by atoms with van der Waals surface area (Å²) in [6.07, 6.45) is 0. The fourth-order valence-electron chi connectivity index (χ4n) is 2.80. The molecule has 0 saturated carbocycles. The van der Waals surface area contributed by atoms with Crippen molar-refractivity contribution in [3.63, 3.8) is 0 Å². The van der Waals surface area contributed by atoms with Gasteiger partial charge >= 0.3 is 0 Å². The normalized spacial score (nSPS) is 13.9. The number of nitro benzene ring substituents is 1. The lowest BCUT2D eigenvalue weighted by Gasteiger charge is -2.20. The number of nitro groups is 1. The maximum Gasteiger partial charge on any atom is 0.289 e. The van der Waals surface area contributed by atoms with Crippen molar-refractivity contribution in [2.45, 2.75) is 4.90 Å². The molecule has 0 spiro atoms. The molecule has 2 aromatic carbocycles. The summed E-state index contributed by atoms with van der Waals surface area (Å²) < 4.78 is 26.2. The van der Waals surface area contributed by atoms with Crippen molar-refractivity contribution in [2.24, 2.45) is 0 Å². The van der Waals surface area contributed by atoms with Crippen molar-refractivity contribution in [3.8, 4) is 0 Å². The maximum absolute atomic E-state index is 12.7. The van der Waals surface area contributed by atoms with Gasteiger partial charge in [0.1, 0.15) is 0 Å². The monoisotopic (exact) mass is 389 g/mol. The number of fused-ring (bicyclic) bond motifs is 1. The van der Waals surface area contributed by atoms with E-state index in [1.54, 1.807) is 12.1 Å². The molecule has 1 aliphatic rings. The van der Waals surface area contributed by atoms with Crippen LogP contribution in [0.25, 0.3) is 0 Å². The van der Waals surface area contributed by atoms with Gasteiger partial charge in [0.15, 0.2) is 4.90 Å². The molecule has 0 atom stereocenters. The minimum Gasteiger partial charge on any atom is -0.273 e. The van der Waals surface area contributed by atoms with Crippen LogP contribution in [0.1, 0.15) is 20.7 Å². The van der Waals surface area contributed by atoms with Gasteiger partial charge in [-0.15, -0.1) is 0 Å². The van der Waals surface area contributed by atoms with Crippen molar-refractivity contribution < 1.29 is 22.9 Å². The summed E-state index contributed by atoms with van der Waals surface area (Å²) in [6, 6.07) is 11.3. The van der Waals surface area contributed by atoms with Crippen molar-refractivity contribution in [2.75, 3.05) is 20.1 Å². The van der Waals surface area contributed by atoms with Crippen LogP contribution in [-0.4, -0.2) is 54.5 Å². The lowest BCUT2D eigenvalue weighted by molar-refractivity contribution is -0.387. The van der Waals surface area contributed by atoms with Gasteiger partial charge in [0.25, 0.3) is 17.5 Å². The predicted molar refractivity (Wildman–Crippen MR) is 94.7 cm³/mol. The van der Waals surface area contributed by atoms with E-state index >= 15 is 0 Å². The van der Waals surface area contributed by atoms with Crippen molar-refractivity contribution in [1.29, 1.82) is 0 Å². The Balaban J connectivity index is 1.79. The number of hydrogen-bond donors (Lipinski definition) is 0. The third-order valence-corrected chi connectivity index (χ3v) is 6.17. The molecule has 0 saturated heterocycles. The summed E-state index contributed by atoms with van der Waals surface area (Å²) in [7, 11) is -2.93. The second-order valence-electron chi connectivity index (χ2n) is 5.86. The number of amides is 2. The number of sulfonamides is 1. The molecule has 140 valence electrons. The Kier molecular flexibility index (Phi) is 4.77. The molecule has 1 aliphatic heterocycles. The molecular weight excluding hydrogens is 374 g/mol. The molecule has 2 aromatic rings. The fraction of sp³-hybridized carbons (Fsp3) is 0.176. The highest BCUT2D eigenvalue weighted by Crippen LogP contribution is 2.26. The van der Waals surface area contributed by atoms with E-state index in [0.717, 1.165) is 21.3 Å². The van der Waals surface area contributed by atoms with E-state index in [0.29, 0.717) is 0 Å². The van der Waals surface area contributed by atoms with Crippen molar-refractivity contribution in [1.82, 2.24) is 9.21 Å². The van der Waals surface area contributed by atoms with E-state index < -0.39 is 37.3 Å². The zero-order chi connectivity index (χ0) is 19.8. The van der Waals surface area contributed by atoms with Crippen LogP contribution < -0.4 is 0 Å². The lowest BCUT2D eigenvalue weighted by atomic mass is 10.1. The van der Waals surface area contributed by atoms with Gasteiger partial charge in [0.2, 0.25) is 10.0 Å². The molecule has 0 unspecified atom stereocenters. The van der Waals surface area contributed by atoms with Gasteiger partial charge in [-0.25, -0.2) is 8.42 Å². The van der Waals surface area contributed by atoms with Crippen LogP contribution in [0.2, 0.25) is 0 Å². The third kappa shape index (κ3) is 3.20. The smallest absolute Gasteiger partial charge is 0.273 e. The van der Waals surface area contributed by atoms with Gasteiger partial charge in [0.05, 0.1) is 16.1 Å². The van der Waals surface area contributed by atoms with Crippen molar-refractivity contribution in [3.05, 3.63) is 69.8 Å². The van der Waals surface area contributed by atoms with Crippen molar-refractivity contribution >= 4 is 27.5 Å². The van der Waals surface area contributed by atoms with E-state index in [4.69, 9.17) is 0 Å². The van der Waals surface area contributed by atoms with Crippen LogP contribution in [0.4, 0.5) is 5.69 Å². The fourth-order valence-corrected chi connectivity index (χ4v) is 4.11. The highest BCUT2D eigenvalue weighted by molar-refractivity contribution is 7.89. The van der Waals surface area contributed by atoms with E-state index in [9.17, 15) is 28.1 Å². The quantitative estimate of drug-likeness (QED) is 0.420. The van der Waals surface area contributed by atoms with E-state index in [1.807, 2.05) is 0 Å². The third-order valence-electron chi connectivity index (χ3n) is 4.27. The maximum atomic E-state index is 12.7. The first-order valence-electron chi connectivity index (χ1n) is 7.90. The standard InChI is InChI=1S/C17H15N3O6S/c1-18(27(25,26)15-9-5-4-8-14(15)20(23)24)10-11-19-16(21)12-6-2-3-7-13(12)17(19)22/h2-9H,10-11H2,1H3. The molecular formula is C17H15N3O6S. The van der Waals surface area contributed by atoms with Crippen LogP contribution in [0, 0.1) is 10.1 Å². The Morgan fingerprint density at radius 1 is 1.00 bits per heavy atom. The number of benzene rings is 2. The number of hydrogen-bond acceptors (Lipinski definition) is 6. The molecule has 0 fully saturated rings. The van der Waals surface area contributed by atoms with E-state index in [-0.39, 0.29) is 24.2 Å². The Labute approximate surface area is 155 Å². The summed E-state index contributed by atoms with van der Waals surface area (Å²) in [5.41, 5.74) is 0.00324. The van der Waals surface area contributed by atoms with Crippen LogP contribution in [-0.2, 0) is 10.0 Å². The number of nitrogens with zero attached hydrogens (tertiary/aromatic N) is 3. The Hall–Kier alpha value is -3.11. The highest BCUT2D eigenvalue weighted by atomic mass is 32.2. The molecule has 9 nitrogen and oxygen atoms in total. The number of rotatable bonds is 6. The molecule has 10 heteroatoms. The second kappa shape index (κ2) is 6.89. The van der Waals surface area contributed by atoms with Gasteiger partial charge in [-0.2, -0.15) is 4.31 Å². The summed E-state index contributed by atoms with van der Waals surface area (Å²) in [4.78, 5) is 35.5. The van der Waals surface area contributed by atoms with Gasteiger partial charge < -0.3 is 0 Å². The lowest BCUT2D eigenvalue weighted by Crippen LogP contribution is -2.39. The van der Waals surface area contributed by atoms with Crippen LogP contribution in [0.5, 0.6) is 0 Å². The topological polar surface area (TPSA) is 118 Å². The Morgan fingerprint density at radius 2 is 1.52 bits per heavy atom. The Morgan fingerprint density at radius 3 is 2.07 bits per heavy atom. The molecule has 3 rings (SSSR count). The van der Waals surface area contributed by atoms with Crippen LogP contribution in [0.3, 0.4) is 0 Å². The molecule has 0 bridgehead atoms. The largest absolute Gasteiger partial charge is 0.289 e. The van der Waals surface area contributed by atoms with Gasteiger partial charge in [-0.3, -0.25) is 24.6 Å². The second-order valence-corrected chi connectivity index (χ2v) is 7.87. The number of carbonyl (C=O) groups is 2. The first-order valence-corrected chi connectivity index (χ1v) is 9.34. The highest BCUT2D eigenvalue weighted by Gasteiger charge is 2.36. The first kappa shape index (κ1) is 18.7. The van der Waals surface area contributed by atoms with Gasteiger partial charge in [0, 0.05) is 26.2 Å². The number of likely N-dealkylation sites (N-methyl/N-ethyl adjacent to an activating group) is 1. The van der Waals surface area contributed by atoms with Gasteiger partial charge in [-0.1, -0.05) is 24.3 Å². The molecule has 0 aromatic heterocycles. The average molecular weight is 389 g/mol. The molecule has 0 N–H and O–H groups in total. The zero-order valence-electron chi connectivity index (χ0n) is 14.2. The molecule has 1 heterocycles. The van der Waals surface area contributed by atoms with Crippen LogP contribution in [0.15, 0.2) is 53.4 Å². The minimum absolute atomic E-state index is 0.164. The molecule has 0 radical (unpaired) electrons. The number of carbonyl (C=O) groups excluding carboxylic acids is 2. The van der Waals surface area contributed by atoms with Crippen LogP contribution >= 0.6 is 0 Å². The Bertz CT molecular complexity index is 1020. The molecule has 0 aliphatic carbocycles. The average Bonchev–Trinajstić information content (AvgIpc) is 2.90. The summed E-state index contributed by atoms with van der Waals surface area (Å²) in [6.45, 7) is -0.359. The summed E-state index contributed by atoms with van der Waals surface area (Å²) in [5.74, 6) is -0.987. The summed E-state index contributed by atoms with van der Waals surface area (Å²) in [5, 5.41) is 11.1. The SMILES string of the molecule is CN(CCN1C(=O)c2ccccc2C1=O)S(=O)(=O)c1ccccc1[N+](=O)[O-]. The number of para-hydroxylation sites is 1. The first-order chi connectivity index (χ1) is 12.7. The molecule has 27 heavy (non-hydrogen) atoms. The minimum atomic E-state index is -4.17. The number of imide groups is 1. The molecule has 2 amide bonds. The van der Waals surface area contributed by atoms with E-state index in [2.05, 4.69) is 0 Å². The predicted octanol–water partition coefficient (Wildman–Crippen LogP) is 1.51.